The van der Waals surface area contributed by atoms with Gasteiger partial charge in [-0.25, -0.2) is 9.59 Å². The van der Waals surface area contributed by atoms with E-state index in [1.165, 1.54) is 0 Å². The van der Waals surface area contributed by atoms with Crippen LogP contribution in [0.1, 0.15) is 28.5 Å². The van der Waals surface area contributed by atoms with E-state index in [0.29, 0.717) is 32.7 Å². The molecule has 0 saturated carbocycles. The second-order valence-corrected chi connectivity index (χ2v) is 5.71. The molecule has 2 aromatic rings. The number of aromatic nitrogens is 1. The van der Waals surface area contributed by atoms with Gasteiger partial charge in [-0.3, -0.25) is 0 Å². The van der Waals surface area contributed by atoms with Gasteiger partial charge in [0.2, 0.25) is 0 Å². The Kier molecular flexibility index (Phi) is 4.44. The van der Waals surface area contributed by atoms with Crippen LogP contribution in [0.3, 0.4) is 0 Å². The van der Waals surface area contributed by atoms with E-state index in [-0.39, 0.29) is 18.3 Å². The Morgan fingerprint density at radius 1 is 1.33 bits per heavy atom. The SMILES string of the molecule is CCOC(=O)N1CCc2c(c3cc(C(=O)O)ccc3n2CCO)C1. The lowest BCUT2D eigenvalue weighted by Crippen LogP contribution is -2.36. The number of ether oxygens (including phenoxy) is 1. The third-order valence-corrected chi connectivity index (χ3v) is 4.35. The van der Waals surface area contributed by atoms with E-state index in [9.17, 15) is 19.8 Å². The van der Waals surface area contributed by atoms with E-state index in [4.69, 9.17) is 4.74 Å². The average molecular weight is 332 g/mol. The minimum atomic E-state index is -0.987. The van der Waals surface area contributed by atoms with Crippen LogP contribution in [0.25, 0.3) is 10.9 Å². The van der Waals surface area contributed by atoms with Gasteiger partial charge in [-0.1, -0.05) is 0 Å². The quantitative estimate of drug-likeness (QED) is 0.891. The van der Waals surface area contributed by atoms with Crippen molar-refractivity contribution in [1.82, 2.24) is 9.47 Å². The van der Waals surface area contributed by atoms with Crippen molar-refractivity contribution in [3.05, 3.63) is 35.0 Å². The molecule has 0 spiro atoms. The first-order chi connectivity index (χ1) is 11.6. The zero-order valence-electron chi connectivity index (χ0n) is 13.5. The first-order valence-corrected chi connectivity index (χ1v) is 7.96. The molecule has 1 amide bonds. The number of benzene rings is 1. The van der Waals surface area contributed by atoms with Gasteiger partial charge in [-0.15, -0.1) is 0 Å². The number of nitrogens with zero attached hydrogens (tertiary/aromatic N) is 2. The number of aromatic carboxylic acids is 1. The molecule has 2 N–H and O–H groups in total. The minimum absolute atomic E-state index is 0.00150. The zero-order valence-corrected chi connectivity index (χ0v) is 13.5. The van der Waals surface area contributed by atoms with Gasteiger partial charge in [-0.05, 0) is 25.1 Å². The van der Waals surface area contributed by atoms with Crippen molar-refractivity contribution in [2.75, 3.05) is 19.8 Å². The highest BCUT2D eigenvalue weighted by Crippen LogP contribution is 2.32. The lowest BCUT2D eigenvalue weighted by atomic mass is 10.0. The molecule has 3 rings (SSSR count). The van der Waals surface area contributed by atoms with Crippen LogP contribution in [0.15, 0.2) is 18.2 Å². The molecular formula is C17H20N2O5. The van der Waals surface area contributed by atoms with E-state index >= 15 is 0 Å². The predicted molar refractivity (Wildman–Crippen MR) is 87.1 cm³/mol. The smallest absolute Gasteiger partial charge is 0.410 e. The van der Waals surface area contributed by atoms with Crippen LogP contribution in [0.5, 0.6) is 0 Å². The fourth-order valence-corrected chi connectivity index (χ4v) is 3.31. The Bertz CT molecular complexity index is 796. The Morgan fingerprint density at radius 2 is 2.12 bits per heavy atom. The van der Waals surface area contributed by atoms with Crippen molar-refractivity contribution in [1.29, 1.82) is 0 Å². The van der Waals surface area contributed by atoms with Crippen molar-refractivity contribution in [3.63, 3.8) is 0 Å². The highest BCUT2D eigenvalue weighted by Gasteiger charge is 2.27. The minimum Gasteiger partial charge on any atom is -0.478 e. The number of carboxylic acid groups (broad SMARTS) is 1. The molecule has 1 aromatic carbocycles. The van der Waals surface area contributed by atoms with Gasteiger partial charge in [0.05, 0.1) is 25.3 Å². The average Bonchev–Trinajstić information content (AvgIpc) is 2.88. The lowest BCUT2D eigenvalue weighted by Gasteiger charge is -2.27. The number of hydrogen-bond acceptors (Lipinski definition) is 4. The normalized spacial score (nSPS) is 13.8. The third kappa shape index (κ3) is 2.71. The molecule has 1 aliphatic rings. The number of fused-ring (bicyclic) bond motifs is 3. The molecule has 7 nitrogen and oxygen atoms in total. The van der Waals surface area contributed by atoms with Crippen LogP contribution >= 0.6 is 0 Å². The highest BCUT2D eigenvalue weighted by molar-refractivity contribution is 5.95. The monoisotopic (exact) mass is 332 g/mol. The number of aliphatic hydroxyl groups excluding tert-OH is 1. The summed E-state index contributed by atoms with van der Waals surface area (Å²) in [5.74, 6) is -0.987. The summed E-state index contributed by atoms with van der Waals surface area (Å²) >= 11 is 0. The molecule has 0 aliphatic carbocycles. The Hall–Kier alpha value is -2.54. The summed E-state index contributed by atoms with van der Waals surface area (Å²) in [6.45, 7) is 3.44. The first-order valence-electron chi connectivity index (χ1n) is 7.96. The fraction of sp³-hybridized carbons (Fsp3) is 0.412. The second-order valence-electron chi connectivity index (χ2n) is 5.71. The molecule has 0 atom stereocenters. The van der Waals surface area contributed by atoms with Crippen LogP contribution in [0.2, 0.25) is 0 Å². The van der Waals surface area contributed by atoms with Crippen LogP contribution in [-0.2, 0) is 24.2 Å². The zero-order chi connectivity index (χ0) is 17.3. The molecule has 0 saturated heterocycles. The summed E-state index contributed by atoms with van der Waals surface area (Å²) in [5.41, 5.74) is 3.06. The molecule has 128 valence electrons. The van der Waals surface area contributed by atoms with Crippen LogP contribution < -0.4 is 0 Å². The van der Waals surface area contributed by atoms with Gasteiger partial charge in [0.15, 0.2) is 0 Å². The van der Waals surface area contributed by atoms with Crippen molar-refractivity contribution in [3.8, 4) is 0 Å². The van der Waals surface area contributed by atoms with Crippen LogP contribution in [0.4, 0.5) is 4.79 Å². The van der Waals surface area contributed by atoms with Gasteiger partial charge in [0.1, 0.15) is 0 Å². The summed E-state index contributed by atoms with van der Waals surface area (Å²) in [6, 6.07) is 4.97. The third-order valence-electron chi connectivity index (χ3n) is 4.35. The summed E-state index contributed by atoms with van der Waals surface area (Å²) in [7, 11) is 0. The molecule has 2 heterocycles. The van der Waals surface area contributed by atoms with Gasteiger partial charge >= 0.3 is 12.1 Å². The van der Waals surface area contributed by atoms with Gasteiger partial charge < -0.3 is 24.4 Å². The fourth-order valence-electron chi connectivity index (χ4n) is 3.31. The maximum atomic E-state index is 12.0. The number of rotatable bonds is 4. The van der Waals surface area contributed by atoms with E-state index in [1.807, 2.05) is 4.57 Å². The topological polar surface area (TPSA) is 92.0 Å². The highest BCUT2D eigenvalue weighted by atomic mass is 16.6. The Labute approximate surface area is 139 Å². The number of carbonyl (C=O) groups is 2. The number of aliphatic hydroxyl groups is 1. The Balaban J connectivity index is 2.09. The van der Waals surface area contributed by atoms with Crippen molar-refractivity contribution < 1.29 is 24.5 Å². The van der Waals surface area contributed by atoms with Gasteiger partial charge in [0.25, 0.3) is 0 Å². The van der Waals surface area contributed by atoms with Crippen molar-refractivity contribution in [2.45, 2.75) is 26.4 Å². The molecule has 24 heavy (non-hydrogen) atoms. The molecule has 0 unspecified atom stereocenters. The summed E-state index contributed by atoms with van der Waals surface area (Å²) < 4.78 is 7.08. The first kappa shape index (κ1) is 16.3. The number of hydrogen-bond donors (Lipinski definition) is 2. The molecule has 1 aliphatic heterocycles. The summed E-state index contributed by atoms with van der Waals surface area (Å²) in [4.78, 5) is 24.9. The molecule has 0 bridgehead atoms. The number of carbonyl (C=O) groups excluding carboxylic acids is 1. The predicted octanol–water partition coefficient (Wildman–Crippen LogP) is 1.85. The molecule has 0 radical (unpaired) electrons. The maximum absolute atomic E-state index is 12.0. The van der Waals surface area contributed by atoms with Crippen molar-refractivity contribution >= 4 is 23.0 Å². The molecule has 7 heteroatoms. The van der Waals surface area contributed by atoms with E-state index < -0.39 is 5.97 Å². The molecular weight excluding hydrogens is 312 g/mol. The van der Waals surface area contributed by atoms with Gasteiger partial charge in [0, 0.05) is 41.7 Å². The van der Waals surface area contributed by atoms with Crippen LogP contribution in [0, 0.1) is 0 Å². The van der Waals surface area contributed by atoms with E-state index in [2.05, 4.69) is 0 Å². The number of amides is 1. The summed E-state index contributed by atoms with van der Waals surface area (Å²) in [5, 5.41) is 19.4. The van der Waals surface area contributed by atoms with Gasteiger partial charge in [-0.2, -0.15) is 0 Å². The standard InChI is InChI=1S/C17H20N2O5/c1-2-24-17(23)18-6-5-15-13(10-18)12-9-11(16(21)22)3-4-14(12)19(15)7-8-20/h3-4,9,20H,2,5-8,10H2,1H3,(H,21,22). The number of carboxylic acids is 1. The lowest BCUT2D eigenvalue weighted by molar-refractivity contribution is 0.0696. The van der Waals surface area contributed by atoms with E-state index in [0.717, 1.165) is 22.2 Å². The van der Waals surface area contributed by atoms with Crippen molar-refractivity contribution in [2.24, 2.45) is 0 Å². The Morgan fingerprint density at radius 3 is 2.79 bits per heavy atom. The van der Waals surface area contributed by atoms with E-state index in [1.54, 1.807) is 30.0 Å². The molecule has 1 aromatic heterocycles. The molecule has 0 fully saturated rings. The maximum Gasteiger partial charge on any atom is 0.410 e. The summed E-state index contributed by atoms with van der Waals surface area (Å²) in [6.07, 6.45) is 0.284. The van der Waals surface area contributed by atoms with Crippen LogP contribution in [-0.4, -0.2) is 51.5 Å². The largest absolute Gasteiger partial charge is 0.478 e. The second kappa shape index (κ2) is 6.52.